The van der Waals surface area contributed by atoms with E-state index >= 15 is 0 Å². The Hall–Kier alpha value is -1.35. The van der Waals surface area contributed by atoms with Gasteiger partial charge in [0, 0.05) is 45.2 Å². The summed E-state index contributed by atoms with van der Waals surface area (Å²) < 4.78 is 0. The van der Waals surface area contributed by atoms with E-state index in [1.807, 2.05) is 7.05 Å². The van der Waals surface area contributed by atoms with Crippen LogP contribution in [0.25, 0.3) is 0 Å². The average molecular weight is 542 g/mol. The fraction of sp³-hybridized carbons (Fsp3) is 0.667. The SMILES string of the molecule is CCN(CC)Cc1cccc(CNC(=NC)NC2CCN(C(=O)C3CCCC3)C2)c1.I. The van der Waals surface area contributed by atoms with Gasteiger partial charge in [-0.1, -0.05) is 51.0 Å². The van der Waals surface area contributed by atoms with E-state index in [0.717, 1.165) is 64.5 Å². The molecule has 31 heavy (non-hydrogen) atoms. The Morgan fingerprint density at radius 3 is 2.55 bits per heavy atom. The molecule has 7 heteroatoms. The van der Waals surface area contributed by atoms with Crippen LogP contribution in [0, 0.1) is 5.92 Å². The number of nitrogens with one attached hydrogen (secondary N) is 2. The number of amides is 1. The predicted molar refractivity (Wildman–Crippen MR) is 139 cm³/mol. The lowest BCUT2D eigenvalue weighted by Crippen LogP contribution is -2.45. The van der Waals surface area contributed by atoms with Crippen LogP contribution in [-0.4, -0.2) is 60.9 Å². The van der Waals surface area contributed by atoms with Crippen molar-refractivity contribution >= 4 is 35.8 Å². The maximum Gasteiger partial charge on any atom is 0.225 e. The van der Waals surface area contributed by atoms with Crippen LogP contribution in [0.4, 0.5) is 0 Å². The summed E-state index contributed by atoms with van der Waals surface area (Å²) in [5.74, 6) is 1.44. The number of halogens is 1. The van der Waals surface area contributed by atoms with Crippen molar-refractivity contribution < 1.29 is 4.79 Å². The van der Waals surface area contributed by atoms with E-state index < -0.39 is 0 Å². The Kier molecular flexibility index (Phi) is 11.1. The van der Waals surface area contributed by atoms with Crippen molar-refractivity contribution in [2.45, 2.75) is 65.1 Å². The molecule has 1 saturated carbocycles. The van der Waals surface area contributed by atoms with E-state index in [4.69, 9.17) is 0 Å². The van der Waals surface area contributed by atoms with Crippen LogP contribution in [0.1, 0.15) is 57.1 Å². The summed E-state index contributed by atoms with van der Waals surface area (Å²) in [6.07, 6.45) is 5.55. The Morgan fingerprint density at radius 2 is 1.87 bits per heavy atom. The molecule has 1 aliphatic carbocycles. The number of aliphatic imine (C=N–C) groups is 1. The van der Waals surface area contributed by atoms with Crippen molar-refractivity contribution in [1.82, 2.24) is 20.4 Å². The van der Waals surface area contributed by atoms with E-state index in [1.54, 1.807) is 0 Å². The molecule has 1 aliphatic heterocycles. The molecule has 3 rings (SSSR count). The number of hydrogen-bond donors (Lipinski definition) is 2. The highest BCUT2D eigenvalue weighted by Gasteiger charge is 2.32. The highest BCUT2D eigenvalue weighted by Crippen LogP contribution is 2.27. The van der Waals surface area contributed by atoms with Gasteiger partial charge in [0.2, 0.25) is 5.91 Å². The lowest BCUT2D eigenvalue weighted by Gasteiger charge is -2.21. The minimum atomic E-state index is 0. The van der Waals surface area contributed by atoms with Gasteiger partial charge in [-0.05, 0) is 43.5 Å². The van der Waals surface area contributed by atoms with Crippen LogP contribution in [0.3, 0.4) is 0 Å². The van der Waals surface area contributed by atoms with Gasteiger partial charge < -0.3 is 15.5 Å². The number of guanidine groups is 1. The number of nitrogens with zero attached hydrogens (tertiary/aromatic N) is 3. The monoisotopic (exact) mass is 541 g/mol. The van der Waals surface area contributed by atoms with Gasteiger partial charge in [0.1, 0.15) is 0 Å². The fourth-order valence-electron chi connectivity index (χ4n) is 4.63. The Labute approximate surface area is 205 Å². The van der Waals surface area contributed by atoms with Crippen molar-refractivity contribution in [2.75, 3.05) is 33.2 Å². The highest BCUT2D eigenvalue weighted by atomic mass is 127. The molecule has 1 aromatic rings. The fourth-order valence-corrected chi connectivity index (χ4v) is 4.63. The van der Waals surface area contributed by atoms with Gasteiger partial charge >= 0.3 is 0 Å². The first-order chi connectivity index (χ1) is 14.6. The number of carbonyl (C=O) groups excluding carboxylic acids is 1. The van der Waals surface area contributed by atoms with Gasteiger partial charge in [0.15, 0.2) is 5.96 Å². The molecule has 0 aromatic heterocycles. The summed E-state index contributed by atoms with van der Waals surface area (Å²) in [6.45, 7) is 9.91. The van der Waals surface area contributed by atoms with Crippen LogP contribution in [0.5, 0.6) is 0 Å². The predicted octanol–water partition coefficient (Wildman–Crippen LogP) is 3.60. The first kappa shape index (κ1) is 25.9. The van der Waals surface area contributed by atoms with Gasteiger partial charge in [-0.25, -0.2) is 0 Å². The quantitative estimate of drug-likeness (QED) is 0.300. The third kappa shape index (κ3) is 7.63. The molecule has 1 saturated heterocycles. The smallest absolute Gasteiger partial charge is 0.225 e. The summed E-state index contributed by atoms with van der Waals surface area (Å²) >= 11 is 0. The lowest BCUT2D eigenvalue weighted by atomic mass is 10.1. The Balaban J connectivity index is 0.00000341. The van der Waals surface area contributed by atoms with E-state index in [0.29, 0.717) is 5.91 Å². The molecule has 6 nitrogen and oxygen atoms in total. The summed E-state index contributed by atoms with van der Waals surface area (Å²) in [4.78, 5) is 21.5. The second kappa shape index (κ2) is 13.3. The van der Waals surface area contributed by atoms with Crippen molar-refractivity contribution in [3.8, 4) is 0 Å². The second-order valence-electron chi connectivity index (χ2n) is 8.60. The average Bonchev–Trinajstić information content (AvgIpc) is 3.47. The van der Waals surface area contributed by atoms with E-state index in [1.165, 1.54) is 24.0 Å². The summed E-state index contributed by atoms with van der Waals surface area (Å²) in [5.41, 5.74) is 2.60. The molecule has 174 valence electrons. The molecule has 0 bridgehead atoms. The molecule has 1 aromatic carbocycles. The molecular weight excluding hydrogens is 501 g/mol. The molecule has 1 atom stereocenters. The molecule has 0 radical (unpaired) electrons. The van der Waals surface area contributed by atoms with E-state index in [-0.39, 0.29) is 35.9 Å². The van der Waals surface area contributed by atoms with Crippen LogP contribution in [-0.2, 0) is 17.9 Å². The molecule has 0 spiro atoms. The first-order valence-corrected chi connectivity index (χ1v) is 11.7. The highest BCUT2D eigenvalue weighted by molar-refractivity contribution is 14.0. The standard InChI is InChI=1S/C24H39N5O.HI/c1-4-28(5-2)17-20-10-8-9-19(15-20)16-26-24(25-3)27-22-13-14-29(18-22)23(30)21-11-6-7-12-21;/h8-10,15,21-22H,4-7,11-14,16-18H2,1-3H3,(H2,25,26,27);1H. The van der Waals surface area contributed by atoms with E-state index in [9.17, 15) is 4.79 Å². The maximum absolute atomic E-state index is 12.7. The zero-order valence-electron chi connectivity index (χ0n) is 19.4. The van der Waals surface area contributed by atoms with Gasteiger partial charge in [-0.15, -0.1) is 24.0 Å². The topological polar surface area (TPSA) is 60.0 Å². The minimum Gasteiger partial charge on any atom is -0.352 e. The van der Waals surface area contributed by atoms with E-state index in [2.05, 4.69) is 63.5 Å². The zero-order valence-corrected chi connectivity index (χ0v) is 21.7. The largest absolute Gasteiger partial charge is 0.352 e. The van der Waals surface area contributed by atoms with Gasteiger partial charge in [-0.3, -0.25) is 14.7 Å². The molecule has 2 aliphatic rings. The summed E-state index contributed by atoms with van der Waals surface area (Å²) in [5, 5.41) is 6.96. The van der Waals surface area contributed by atoms with Crippen LogP contribution < -0.4 is 10.6 Å². The Bertz CT molecular complexity index is 716. The second-order valence-corrected chi connectivity index (χ2v) is 8.60. The number of likely N-dealkylation sites (tertiary alicyclic amines) is 1. The van der Waals surface area contributed by atoms with Gasteiger partial charge in [-0.2, -0.15) is 0 Å². The number of rotatable bonds is 8. The van der Waals surface area contributed by atoms with Crippen molar-refractivity contribution in [3.63, 3.8) is 0 Å². The van der Waals surface area contributed by atoms with Gasteiger partial charge in [0.05, 0.1) is 0 Å². The summed E-state index contributed by atoms with van der Waals surface area (Å²) in [6, 6.07) is 9.04. The summed E-state index contributed by atoms with van der Waals surface area (Å²) in [7, 11) is 1.81. The Morgan fingerprint density at radius 1 is 1.16 bits per heavy atom. The molecule has 1 heterocycles. The van der Waals surface area contributed by atoms with Crippen molar-refractivity contribution in [3.05, 3.63) is 35.4 Å². The lowest BCUT2D eigenvalue weighted by molar-refractivity contribution is -0.134. The molecule has 2 N–H and O–H groups in total. The molecule has 1 unspecified atom stereocenters. The maximum atomic E-state index is 12.7. The third-order valence-corrected chi connectivity index (χ3v) is 6.52. The van der Waals surface area contributed by atoms with Crippen LogP contribution in [0.2, 0.25) is 0 Å². The van der Waals surface area contributed by atoms with Crippen LogP contribution in [0.15, 0.2) is 29.3 Å². The third-order valence-electron chi connectivity index (χ3n) is 6.52. The van der Waals surface area contributed by atoms with Gasteiger partial charge in [0.25, 0.3) is 0 Å². The number of carbonyl (C=O) groups is 1. The van der Waals surface area contributed by atoms with Crippen molar-refractivity contribution in [1.29, 1.82) is 0 Å². The molecular formula is C24H40IN5O. The number of hydrogen-bond acceptors (Lipinski definition) is 3. The zero-order chi connectivity index (χ0) is 21.3. The van der Waals surface area contributed by atoms with Crippen molar-refractivity contribution in [2.24, 2.45) is 10.9 Å². The molecule has 1 amide bonds. The normalized spacial score (nSPS) is 19.5. The number of benzene rings is 1. The first-order valence-electron chi connectivity index (χ1n) is 11.7. The van der Waals surface area contributed by atoms with Crippen LogP contribution >= 0.6 is 24.0 Å². The molecule has 2 fully saturated rings. The minimum absolute atomic E-state index is 0.